The van der Waals surface area contributed by atoms with Crippen LogP contribution in [0.4, 0.5) is 5.69 Å². The Balaban J connectivity index is 1.94. The largest absolute Gasteiger partial charge is 0.463 e. The van der Waals surface area contributed by atoms with Crippen LogP contribution in [0.25, 0.3) is 0 Å². The topological polar surface area (TPSA) is 133 Å². The number of rotatable bonds is 6. The van der Waals surface area contributed by atoms with Gasteiger partial charge in [-0.25, -0.2) is 18.4 Å². The van der Waals surface area contributed by atoms with Gasteiger partial charge in [-0.1, -0.05) is 12.1 Å². The molecule has 8 nitrogen and oxygen atoms in total. The minimum atomic E-state index is -3.88. The molecule has 2 aromatic carbocycles. The molecule has 0 saturated carbocycles. The number of ketones is 1. The second kappa shape index (κ2) is 9.88. The summed E-state index contributed by atoms with van der Waals surface area (Å²) >= 11 is 1.60. The van der Waals surface area contributed by atoms with Crippen molar-refractivity contribution in [2.75, 3.05) is 17.8 Å². The van der Waals surface area contributed by atoms with E-state index in [1.807, 2.05) is 30.5 Å². The van der Waals surface area contributed by atoms with Crippen LogP contribution in [0.2, 0.25) is 0 Å². The summed E-state index contributed by atoms with van der Waals surface area (Å²) in [6.45, 7) is 1.86. The van der Waals surface area contributed by atoms with Crippen LogP contribution in [0.15, 0.2) is 81.0 Å². The second-order valence-electron chi connectivity index (χ2n) is 8.24. The van der Waals surface area contributed by atoms with E-state index in [0.29, 0.717) is 36.2 Å². The molecule has 2 aliphatic rings. The lowest BCUT2D eigenvalue weighted by molar-refractivity contribution is -0.138. The van der Waals surface area contributed by atoms with Crippen molar-refractivity contribution in [3.8, 4) is 0 Å². The Morgan fingerprint density at radius 3 is 2.34 bits per heavy atom. The molecule has 1 heterocycles. The normalized spacial score (nSPS) is 18.5. The van der Waals surface area contributed by atoms with E-state index in [9.17, 15) is 18.0 Å². The molecule has 184 valence electrons. The number of thioether (sulfide) groups is 1. The molecular weight excluding hydrogens is 486 g/mol. The van der Waals surface area contributed by atoms with Gasteiger partial charge in [0.2, 0.25) is 10.0 Å². The molecule has 1 aliphatic heterocycles. The van der Waals surface area contributed by atoms with E-state index < -0.39 is 21.9 Å². The quantitative estimate of drug-likeness (QED) is 0.444. The molecule has 1 atom stereocenters. The highest BCUT2D eigenvalue weighted by Crippen LogP contribution is 2.47. The molecule has 0 amide bonds. The van der Waals surface area contributed by atoms with Gasteiger partial charge < -0.3 is 10.5 Å². The number of hydrogen-bond acceptors (Lipinski definition) is 8. The van der Waals surface area contributed by atoms with Gasteiger partial charge in [0, 0.05) is 28.3 Å². The standard InChI is InChI=1S/C25H27N3O5S2/c1-3-33-25(30)23-21(15-7-11-17(34-2)12-8-15)22-19(5-4-6-20(22)29)28(24(23)26)16-9-13-18(14-10-16)35(27,31)32/h7-14,21H,3-6,26H2,1-2H3,(H2,27,31,32). The summed E-state index contributed by atoms with van der Waals surface area (Å²) in [4.78, 5) is 29.2. The first-order chi connectivity index (χ1) is 16.7. The van der Waals surface area contributed by atoms with E-state index in [1.54, 1.807) is 35.7 Å². The fourth-order valence-corrected chi connectivity index (χ4v) is 5.53. The number of nitrogens with two attached hydrogens (primary N) is 2. The predicted molar refractivity (Wildman–Crippen MR) is 135 cm³/mol. The second-order valence-corrected chi connectivity index (χ2v) is 10.7. The van der Waals surface area contributed by atoms with E-state index in [0.717, 1.165) is 10.5 Å². The predicted octanol–water partition coefficient (Wildman–Crippen LogP) is 3.40. The zero-order valence-electron chi connectivity index (χ0n) is 19.5. The average Bonchev–Trinajstić information content (AvgIpc) is 2.83. The average molecular weight is 514 g/mol. The number of ether oxygens (including phenoxy) is 1. The molecule has 1 aliphatic carbocycles. The van der Waals surface area contributed by atoms with E-state index in [1.165, 1.54) is 12.1 Å². The van der Waals surface area contributed by atoms with Crippen molar-refractivity contribution < 1.29 is 22.7 Å². The van der Waals surface area contributed by atoms with Crippen molar-refractivity contribution in [2.45, 2.75) is 41.9 Å². The Labute approximate surface area is 209 Å². The number of sulfonamides is 1. The Bertz CT molecular complexity index is 1330. The Morgan fingerprint density at radius 2 is 1.77 bits per heavy atom. The number of carbonyl (C=O) groups excluding carboxylic acids is 2. The molecular formula is C25H27N3O5S2. The third kappa shape index (κ3) is 4.73. The zero-order valence-corrected chi connectivity index (χ0v) is 21.1. The number of hydrogen-bond donors (Lipinski definition) is 2. The lowest BCUT2D eigenvalue weighted by Crippen LogP contribution is -2.41. The summed E-state index contributed by atoms with van der Waals surface area (Å²) in [5.74, 6) is -1.16. The molecule has 0 spiro atoms. The third-order valence-corrected chi connectivity index (χ3v) is 7.83. The maximum atomic E-state index is 13.3. The number of nitrogens with zero attached hydrogens (tertiary/aromatic N) is 1. The molecule has 35 heavy (non-hydrogen) atoms. The van der Waals surface area contributed by atoms with Gasteiger partial charge in [0.15, 0.2) is 5.78 Å². The minimum absolute atomic E-state index is 0.0490. The van der Waals surface area contributed by atoms with Crippen LogP contribution < -0.4 is 15.8 Å². The van der Waals surface area contributed by atoms with Gasteiger partial charge in [0.1, 0.15) is 5.82 Å². The van der Waals surface area contributed by atoms with Crippen LogP contribution in [0.1, 0.15) is 37.7 Å². The van der Waals surface area contributed by atoms with Gasteiger partial charge in [-0.2, -0.15) is 0 Å². The van der Waals surface area contributed by atoms with Crippen molar-refractivity contribution >= 4 is 39.2 Å². The first-order valence-electron chi connectivity index (χ1n) is 11.2. The summed E-state index contributed by atoms with van der Waals surface area (Å²) in [5, 5.41) is 5.24. The number of allylic oxidation sites excluding steroid dienone is 2. The van der Waals surface area contributed by atoms with Gasteiger partial charge >= 0.3 is 5.97 Å². The number of primary sulfonamides is 1. The van der Waals surface area contributed by atoms with E-state index in [2.05, 4.69) is 0 Å². The highest BCUT2D eigenvalue weighted by atomic mass is 32.2. The zero-order chi connectivity index (χ0) is 25.3. The third-order valence-electron chi connectivity index (χ3n) is 6.16. The number of anilines is 1. The highest BCUT2D eigenvalue weighted by Gasteiger charge is 2.43. The van der Waals surface area contributed by atoms with Crippen LogP contribution >= 0.6 is 11.8 Å². The fourth-order valence-electron chi connectivity index (χ4n) is 4.61. The summed E-state index contributed by atoms with van der Waals surface area (Å²) in [7, 11) is -3.88. The van der Waals surface area contributed by atoms with Crippen molar-refractivity contribution in [3.63, 3.8) is 0 Å². The lowest BCUT2D eigenvalue weighted by Gasteiger charge is -2.40. The molecule has 0 bridgehead atoms. The Hall–Kier alpha value is -3.08. The maximum absolute atomic E-state index is 13.3. The smallest absolute Gasteiger partial charge is 0.338 e. The molecule has 4 N–H and O–H groups in total. The number of benzene rings is 2. The van der Waals surface area contributed by atoms with Crippen LogP contribution in [0, 0.1) is 0 Å². The maximum Gasteiger partial charge on any atom is 0.338 e. The van der Waals surface area contributed by atoms with Gasteiger partial charge in [-0.15, -0.1) is 11.8 Å². The number of Topliss-reactive ketones (excluding diaryl/α,β-unsaturated/α-hetero) is 1. The molecule has 10 heteroatoms. The monoisotopic (exact) mass is 513 g/mol. The van der Waals surface area contributed by atoms with E-state index >= 15 is 0 Å². The molecule has 1 unspecified atom stereocenters. The van der Waals surface area contributed by atoms with Crippen LogP contribution in [0.3, 0.4) is 0 Å². The molecule has 4 rings (SSSR count). The van der Waals surface area contributed by atoms with Gasteiger partial charge in [0.05, 0.1) is 23.0 Å². The minimum Gasteiger partial charge on any atom is -0.463 e. The van der Waals surface area contributed by atoms with Gasteiger partial charge in [-0.3, -0.25) is 9.69 Å². The summed E-state index contributed by atoms with van der Waals surface area (Å²) in [6, 6.07) is 13.6. The van der Waals surface area contributed by atoms with Crippen molar-refractivity contribution in [3.05, 3.63) is 76.8 Å². The fraction of sp³-hybridized carbons (Fsp3) is 0.280. The summed E-state index contributed by atoms with van der Waals surface area (Å²) in [5.41, 5.74) is 9.37. The first kappa shape index (κ1) is 25.0. The van der Waals surface area contributed by atoms with Crippen molar-refractivity contribution in [1.82, 2.24) is 0 Å². The highest BCUT2D eigenvalue weighted by molar-refractivity contribution is 7.98. The van der Waals surface area contributed by atoms with Gasteiger partial charge in [-0.05, 0) is 68.0 Å². The Morgan fingerprint density at radius 1 is 1.11 bits per heavy atom. The molecule has 0 fully saturated rings. The number of esters is 1. The summed E-state index contributed by atoms with van der Waals surface area (Å²) in [6.07, 6.45) is 3.56. The SMILES string of the molecule is CCOC(=O)C1=C(N)N(c2ccc(S(N)(=O)=O)cc2)C2=C(C(=O)CCC2)C1c1ccc(SC)cc1. The van der Waals surface area contributed by atoms with Crippen LogP contribution in [-0.4, -0.2) is 33.0 Å². The Kier molecular flexibility index (Phi) is 7.07. The van der Waals surface area contributed by atoms with Crippen molar-refractivity contribution in [1.29, 1.82) is 0 Å². The van der Waals surface area contributed by atoms with Gasteiger partial charge in [0.25, 0.3) is 0 Å². The summed E-state index contributed by atoms with van der Waals surface area (Å²) < 4.78 is 28.8. The molecule has 0 aromatic heterocycles. The number of carbonyl (C=O) groups is 2. The first-order valence-corrected chi connectivity index (χ1v) is 13.9. The van der Waals surface area contributed by atoms with Crippen molar-refractivity contribution in [2.24, 2.45) is 10.9 Å². The van der Waals surface area contributed by atoms with E-state index in [-0.39, 0.29) is 28.7 Å². The molecule has 0 saturated heterocycles. The molecule has 0 radical (unpaired) electrons. The molecule has 2 aromatic rings. The lowest BCUT2D eigenvalue weighted by atomic mass is 9.75. The van der Waals surface area contributed by atoms with Crippen LogP contribution in [-0.2, 0) is 24.3 Å². The van der Waals surface area contributed by atoms with Crippen LogP contribution in [0.5, 0.6) is 0 Å². The van der Waals surface area contributed by atoms with E-state index in [4.69, 9.17) is 15.6 Å².